The van der Waals surface area contributed by atoms with Crippen LogP contribution in [0.3, 0.4) is 0 Å². The highest BCUT2D eigenvalue weighted by atomic mass is 35.5. The lowest BCUT2D eigenvalue weighted by molar-refractivity contribution is -0.384. The van der Waals surface area contributed by atoms with E-state index >= 15 is 0 Å². The molecule has 1 aliphatic heterocycles. The molecule has 1 aliphatic rings. The summed E-state index contributed by atoms with van der Waals surface area (Å²) in [5.41, 5.74) is 1.50. The SMILES string of the molecule is O=C(Nc1ccc([N+](=O)[O-])cc1N1CCOCC1)c1ccc(-c2cc(Cl)ccc2Cl)o1. The minimum Gasteiger partial charge on any atom is -0.451 e. The third-order valence-corrected chi connectivity index (χ3v) is 5.38. The minimum absolute atomic E-state index is 0.0598. The Bertz CT molecular complexity index is 1140. The maximum absolute atomic E-state index is 12.8. The molecule has 8 nitrogen and oxygen atoms in total. The first-order valence-electron chi connectivity index (χ1n) is 9.40. The zero-order valence-corrected chi connectivity index (χ0v) is 17.7. The third-order valence-electron chi connectivity index (χ3n) is 4.82. The second-order valence-electron chi connectivity index (χ2n) is 6.80. The van der Waals surface area contributed by atoms with Crippen molar-refractivity contribution in [3.05, 3.63) is 74.5 Å². The summed E-state index contributed by atoms with van der Waals surface area (Å²) in [6.07, 6.45) is 0. The third kappa shape index (κ3) is 4.66. The van der Waals surface area contributed by atoms with Crippen molar-refractivity contribution >= 4 is 46.2 Å². The highest BCUT2D eigenvalue weighted by Gasteiger charge is 2.21. The van der Waals surface area contributed by atoms with E-state index < -0.39 is 10.8 Å². The monoisotopic (exact) mass is 461 g/mol. The van der Waals surface area contributed by atoms with Gasteiger partial charge in [0.2, 0.25) is 0 Å². The number of nitrogens with one attached hydrogen (secondary N) is 1. The van der Waals surface area contributed by atoms with Crippen LogP contribution in [0.15, 0.2) is 52.9 Å². The summed E-state index contributed by atoms with van der Waals surface area (Å²) in [6.45, 7) is 2.11. The van der Waals surface area contributed by atoms with Gasteiger partial charge in [-0.15, -0.1) is 0 Å². The molecular formula is C21H17Cl2N3O5. The Balaban J connectivity index is 1.60. The molecular weight excluding hydrogens is 445 g/mol. The van der Waals surface area contributed by atoms with Crippen molar-refractivity contribution in [2.75, 3.05) is 36.5 Å². The van der Waals surface area contributed by atoms with Crippen LogP contribution in [-0.4, -0.2) is 37.1 Å². The Labute approximate surface area is 187 Å². The highest BCUT2D eigenvalue weighted by molar-refractivity contribution is 6.35. The average molecular weight is 462 g/mol. The molecule has 1 saturated heterocycles. The topological polar surface area (TPSA) is 97.8 Å². The number of ether oxygens (including phenoxy) is 1. The second kappa shape index (κ2) is 8.97. The van der Waals surface area contributed by atoms with Crippen molar-refractivity contribution in [3.63, 3.8) is 0 Å². The fourth-order valence-electron chi connectivity index (χ4n) is 3.28. The standard InChI is InChI=1S/C21H17Cl2N3O5/c22-13-1-3-16(23)15(11-13)19-5-6-20(31-19)21(27)24-17-4-2-14(26(28)29)12-18(17)25-7-9-30-10-8-25/h1-6,11-12H,7-10H2,(H,24,27). The maximum Gasteiger partial charge on any atom is 0.291 e. The van der Waals surface area contributed by atoms with Crippen molar-refractivity contribution in [3.8, 4) is 11.3 Å². The number of hydrogen-bond acceptors (Lipinski definition) is 6. The molecule has 3 aromatic rings. The summed E-state index contributed by atoms with van der Waals surface area (Å²) in [5, 5.41) is 14.9. The van der Waals surface area contributed by atoms with Gasteiger partial charge < -0.3 is 19.4 Å². The van der Waals surface area contributed by atoms with Crippen LogP contribution in [0.5, 0.6) is 0 Å². The van der Waals surface area contributed by atoms with Gasteiger partial charge in [-0.1, -0.05) is 23.2 Å². The molecule has 4 rings (SSSR count). The predicted molar refractivity (Wildman–Crippen MR) is 118 cm³/mol. The van der Waals surface area contributed by atoms with Crippen molar-refractivity contribution in [1.82, 2.24) is 0 Å². The lowest BCUT2D eigenvalue weighted by Crippen LogP contribution is -2.36. The highest BCUT2D eigenvalue weighted by Crippen LogP contribution is 2.34. The lowest BCUT2D eigenvalue weighted by atomic mass is 10.2. The van der Waals surface area contributed by atoms with E-state index in [-0.39, 0.29) is 11.4 Å². The number of amides is 1. The van der Waals surface area contributed by atoms with E-state index in [4.69, 9.17) is 32.4 Å². The molecule has 0 spiro atoms. The summed E-state index contributed by atoms with van der Waals surface area (Å²) >= 11 is 12.2. The van der Waals surface area contributed by atoms with Crippen LogP contribution in [0.2, 0.25) is 10.0 Å². The zero-order valence-electron chi connectivity index (χ0n) is 16.1. The molecule has 160 valence electrons. The van der Waals surface area contributed by atoms with Crippen LogP contribution in [0.25, 0.3) is 11.3 Å². The van der Waals surface area contributed by atoms with E-state index in [1.165, 1.54) is 24.3 Å². The van der Waals surface area contributed by atoms with Crippen LogP contribution in [-0.2, 0) is 4.74 Å². The largest absolute Gasteiger partial charge is 0.451 e. The Morgan fingerprint density at radius 1 is 1.06 bits per heavy atom. The smallest absolute Gasteiger partial charge is 0.291 e. The normalized spacial score (nSPS) is 13.8. The molecule has 2 heterocycles. The first kappa shape index (κ1) is 21.2. The minimum atomic E-state index is -0.493. The number of nitro benzene ring substituents is 1. The molecule has 0 atom stereocenters. The number of morpholine rings is 1. The number of non-ortho nitro benzene ring substituents is 1. The van der Waals surface area contributed by atoms with E-state index in [0.717, 1.165) is 0 Å². The molecule has 0 radical (unpaired) electrons. The Kier molecular flexibility index (Phi) is 6.13. The van der Waals surface area contributed by atoms with Gasteiger partial charge in [-0.05, 0) is 36.4 Å². The van der Waals surface area contributed by atoms with Crippen molar-refractivity contribution < 1.29 is 18.9 Å². The Morgan fingerprint density at radius 3 is 2.58 bits per heavy atom. The fourth-order valence-corrected chi connectivity index (χ4v) is 3.66. The zero-order chi connectivity index (χ0) is 22.0. The molecule has 0 bridgehead atoms. The molecule has 0 unspecified atom stereocenters. The first-order valence-corrected chi connectivity index (χ1v) is 10.2. The molecule has 0 aliphatic carbocycles. The number of halogens is 2. The number of furan rings is 1. The van der Waals surface area contributed by atoms with Gasteiger partial charge in [-0.3, -0.25) is 14.9 Å². The molecule has 1 amide bonds. The van der Waals surface area contributed by atoms with Crippen LogP contribution in [0.1, 0.15) is 10.6 Å². The summed E-state index contributed by atoms with van der Waals surface area (Å²) < 4.78 is 11.0. The van der Waals surface area contributed by atoms with Crippen LogP contribution >= 0.6 is 23.2 Å². The number of anilines is 2. The van der Waals surface area contributed by atoms with Crippen LogP contribution < -0.4 is 10.2 Å². The van der Waals surface area contributed by atoms with Gasteiger partial charge in [-0.2, -0.15) is 0 Å². The Hall–Kier alpha value is -3.07. The fraction of sp³-hybridized carbons (Fsp3) is 0.190. The number of benzene rings is 2. The van der Waals surface area contributed by atoms with Gasteiger partial charge in [0.15, 0.2) is 5.76 Å². The number of nitro groups is 1. The number of rotatable bonds is 5. The van der Waals surface area contributed by atoms with Gasteiger partial charge in [-0.25, -0.2) is 0 Å². The van der Waals surface area contributed by atoms with Crippen molar-refractivity contribution in [2.45, 2.75) is 0 Å². The Morgan fingerprint density at radius 2 is 1.84 bits per heavy atom. The summed E-state index contributed by atoms with van der Waals surface area (Å²) in [6, 6.07) is 12.4. The van der Waals surface area contributed by atoms with E-state index in [1.54, 1.807) is 24.3 Å². The van der Waals surface area contributed by atoms with Gasteiger partial charge in [0.25, 0.3) is 11.6 Å². The summed E-state index contributed by atoms with van der Waals surface area (Å²) in [5.74, 6) is -0.0279. The summed E-state index contributed by atoms with van der Waals surface area (Å²) in [4.78, 5) is 25.5. The predicted octanol–water partition coefficient (Wildman–Crippen LogP) is 5.25. The molecule has 31 heavy (non-hydrogen) atoms. The summed E-state index contributed by atoms with van der Waals surface area (Å²) in [7, 11) is 0. The van der Waals surface area contributed by atoms with Crippen LogP contribution in [0, 0.1) is 10.1 Å². The number of hydrogen-bond donors (Lipinski definition) is 1. The quantitative estimate of drug-likeness (QED) is 0.411. The van der Waals surface area contributed by atoms with Crippen molar-refractivity contribution in [2.24, 2.45) is 0 Å². The molecule has 1 aromatic heterocycles. The molecule has 2 aromatic carbocycles. The van der Waals surface area contributed by atoms with E-state index in [1.807, 2.05) is 4.90 Å². The van der Waals surface area contributed by atoms with Gasteiger partial charge >= 0.3 is 0 Å². The lowest BCUT2D eigenvalue weighted by Gasteiger charge is -2.30. The maximum atomic E-state index is 12.8. The average Bonchev–Trinajstić information content (AvgIpc) is 3.26. The first-order chi connectivity index (χ1) is 14.9. The molecule has 10 heteroatoms. The molecule has 1 fully saturated rings. The van der Waals surface area contributed by atoms with Gasteiger partial charge in [0.1, 0.15) is 5.76 Å². The van der Waals surface area contributed by atoms with E-state index in [9.17, 15) is 14.9 Å². The van der Waals surface area contributed by atoms with Crippen molar-refractivity contribution in [1.29, 1.82) is 0 Å². The van der Waals surface area contributed by atoms with E-state index in [2.05, 4.69) is 5.32 Å². The second-order valence-corrected chi connectivity index (χ2v) is 7.64. The number of nitrogens with zero attached hydrogens (tertiary/aromatic N) is 2. The number of carbonyl (C=O) groups is 1. The molecule has 1 N–H and O–H groups in total. The molecule has 0 saturated carbocycles. The van der Waals surface area contributed by atoms with Gasteiger partial charge in [0, 0.05) is 35.8 Å². The number of carbonyl (C=O) groups excluding carboxylic acids is 1. The van der Waals surface area contributed by atoms with E-state index in [0.29, 0.717) is 59.0 Å². The van der Waals surface area contributed by atoms with Gasteiger partial charge in [0.05, 0.1) is 34.5 Å². The van der Waals surface area contributed by atoms with Crippen LogP contribution in [0.4, 0.5) is 17.1 Å².